The van der Waals surface area contributed by atoms with Gasteiger partial charge >= 0.3 is 0 Å². The molecule has 0 fully saturated rings. The number of benzene rings is 1. The first-order valence-corrected chi connectivity index (χ1v) is 6.90. The van der Waals surface area contributed by atoms with E-state index < -0.39 is 0 Å². The first kappa shape index (κ1) is 16.5. The number of nitrogens with one attached hydrogen (secondary N) is 1. The highest BCUT2D eigenvalue weighted by atomic mass is 35.5. The molecule has 106 valence electrons. The molecule has 7 heteroatoms. The number of carbonyl (C=O) groups excluding carboxylic acids is 1. The van der Waals surface area contributed by atoms with Crippen LogP contribution >= 0.6 is 34.8 Å². The van der Waals surface area contributed by atoms with Gasteiger partial charge in [-0.25, -0.2) is 0 Å². The second-order valence-electron chi connectivity index (χ2n) is 4.17. The lowest BCUT2D eigenvalue weighted by molar-refractivity contribution is -0.117. The van der Waals surface area contributed by atoms with Gasteiger partial charge in [-0.3, -0.25) is 9.69 Å². The highest BCUT2D eigenvalue weighted by molar-refractivity contribution is 6.42. The zero-order valence-corrected chi connectivity index (χ0v) is 12.8. The lowest BCUT2D eigenvalue weighted by Crippen LogP contribution is -2.31. The predicted octanol–water partition coefficient (Wildman–Crippen LogP) is 2.87. The van der Waals surface area contributed by atoms with Gasteiger partial charge in [0.15, 0.2) is 0 Å². The summed E-state index contributed by atoms with van der Waals surface area (Å²) >= 11 is 17.8. The van der Waals surface area contributed by atoms with E-state index in [1.807, 2.05) is 11.9 Å². The Morgan fingerprint density at radius 3 is 2.42 bits per heavy atom. The molecule has 0 heterocycles. The molecular formula is C12H16Cl3N3O. The highest BCUT2D eigenvalue weighted by Gasteiger charge is 2.12. The van der Waals surface area contributed by atoms with E-state index >= 15 is 0 Å². The van der Waals surface area contributed by atoms with Crippen LogP contribution < -0.4 is 11.1 Å². The molecule has 0 bridgehead atoms. The lowest BCUT2D eigenvalue weighted by atomic mass is 10.3. The number of carbonyl (C=O) groups is 1. The lowest BCUT2D eigenvalue weighted by Gasteiger charge is -2.16. The van der Waals surface area contributed by atoms with E-state index in [-0.39, 0.29) is 12.5 Å². The van der Waals surface area contributed by atoms with E-state index in [1.54, 1.807) is 0 Å². The second-order valence-corrected chi connectivity index (χ2v) is 5.42. The number of rotatable bonds is 6. The van der Waals surface area contributed by atoms with Crippen molar-refractivity contribution >= 4 is 46.4 Å². The monoisotopic (exact) mass is 323 g/mol. The van der Waals surface area contributed by atoms with Gasteiger partial charge in [-0.15, -0.1) is 0 Å². The molecule has 3 N–H and O–H groups in total. The average molecular weight is 325 g/mol. The number of hydrogen-bond donors (Lipinski definition) is 2. The summed E-state index contributed by atoms with van der Waals surface area (Å²) in [6, 6.07) is 3.06. The van der Waals surface area contributed by atoms with Crippen LogP contribution in [-0.4, -0.2) is 37.5 Å². The van der Waals surface area contributed by atoms with Crippen LogP contribution in [0.3, 0.4) is 0 Å². The Kier molecular flexibility index (Phi) is 6.89. The summed E-state index contributed by atoms with van der Waals surface area (Å²) in [5.74, 6) is -0.189. The molecule has 0 unspecified atom stereocenters. The summed E-state index contributed by atoms with van der Waals surface area (Å²) in [7, 11) is 1.85. The molecule has 0 saturated heterocycles. The highest BCUT2D eigenvalue weighted by Crippen LogP contribution is 2.33. The number of likely N-dealkylation sites (N-methyl/N-ethyl adjacent to an activating group) is 1. The summed E-state index contributed by atoms with van der Waals surface area (Å²) in [6.45, 7) is 1.60. The molecule has 0 atom stereocenters. The summed E-state index contributed by atoms with van der Waals surface area (Å²) in [5.41, 5.74) is 5.79. The maximum Gasteiger partial charge on any atom is 0.238 e. The number of halogens is 3. The minimum atomic E-state index is -0.189. The van der Waals surface area contributed by atoms with Crippen molar-refractivity contribution in [2.24, 2.45) is 5.73 Å². The molecule has 0 spiro atoms. The van der Waals surface area contributed by atoms with Gasteiger partial charge in [0.05, 0.1) is 22.3 Å². The van der Waals surface area contributed by atoms with Crippen molar-refractivity contribution in [2.45, 2.75) is 6.42 Å². The van der Waals surface area contributed by atoms with Crippen LogP contribution in [0.2, 0.25) is 15.1 Å². The van der Waals surface area contributed by atoms with E-state index in [1.165, 1.54) is 12.1 Å². The van der Waals surface area contributed by atoms with Crippen molar-refractivity contribution in [2.75, 3.05) is 32.0 Å². The maximum absolute atomic E-state index is 11.8. The van der Waals surface area contributed by atoms with E-state index in [0.29, 0.717) is 27.3 Å². The molecule has 0 aromatic heterocycles. The summed E-state index contributed by atoms with van der Waals surface area (Å²) < 4.78 is 0. The van der Waals surface area contributed by atoms with Crippen LogP contribution in [-0.2, 0) is 4.79 Å². The van der Waals surface area contributed by atoms with Crippen molar-refractivity contribution in [3.05, 3.63) is 27.2 Å². The maximum atomic E-state index is 11.8. The zero-order valence-electron chi connectivity index (χ0n) is 10.5. The van der Waals surface area contributed by atoms with Crippen LogP contribution in [0.15, 0.2) is 12.1 Å². The van der Waals surface area contributed by atoms with Crippen LogP contribution in [0.4, 0.5) is 5.69 Å². The van der Waals surface area contributed by atoms with E-state index in [4.69, 9.17) is 40.5 Å². The normalized spacial score (nSPS) is 10.8. The van der Waals surface area contributed by atoms with Crippen molar-refractivity contribution < 1.29 is 4.79 Å². The van der Waals surface area contributed by atoms with Gasteiger partial charge in [0.25, 0.3) is 0 Å². The predicted molar refractivity (Wildman–Crippen MR) is 81.3 cm³/mol. The van der Waals surface area contributed by atoms with Gasteiger partial charge in [-0.1, -0.05) is 34.8 Å². The molecule has 1 amide bonds. The third kappa shape index (κ3) is 5.55. The number of nitrogens with two attached hydrogens (primary N) is 1. The fraction of sp³-hybridized carbons (Fsp3) is 0.417. The average Bonchev–Trinajstić information content (AvgIpc) is 2.31. The van der Waals surface area contributed by atoms with Gasteiger partial charge < -0.3 is 11.1 Å². The Labute approximate surface area is 127 Å². The number of hydrogen-bond acceptors (Lipinski definition) is 3. The van der Waals surface area contributed by atoms with Crippen LogP contribution in [0.25, 0.3) is 0 Å². The first-order valence-electron chi connectivity index (χ1n) is 5.77. The van der Waals surface area contributed by atoms with Crippen LogP contribution in [0, 0.1) is 0 Å². The van der Waals surface area contributed by atoms with Gasteiger partial charge in [-0.2, -0.15) is 0 Å². The molecule has 19 heavy (non-hydrogen) atoms. The smallest absolute Gasteiger partial charge is 0.238 e. The number of amides is 1. The Balaban J connectivity index is 2.62. The van der Waals surface area contributed by atoms with Gasteiger partial charge in [0.2, 0.25) is 5.91 Å². The Hall–Kier alpha value is -0.520. The molecule has 0 radical (unpaired) electrons. The van der Waals surface area contributed by atoms with Gasteiger partial charge in [-0.05, 0) is 38.7 Å². The first-order chi connectivity index (χ1) is 8.93. The van der Waals surface area contributed by atoms with Crippen molar-refractivity contribution in [1.29, 1.82) is 0 Å². The van der Waals surface area contributed by atoms with E-state index in [9.17, 15) is 4.79 Å². The van der Waals surface area contributed by atoms with E-state index in [0.717, 1.165) is 13.0 Å². The quantitative estimate of drug-likeness (QED) is 0.846. The van der Waals surface area contributed by atoms with Crippen LogP contribution in [0.5, 0.6) is 0 Å². The van der Waals surface area contributed by atoms with Crippen LogP contribution in [0.1, 0.15) is 6.42 Å². The second kappa shape index (κ2) is 7.92. The Morgan fingerprint density at radius 2 is 1.89 bits per heavy atom. The summed E-state index contributed by atoms with van der Waals surface area (Å²) in [4.78, 5) is 13.7. The molecule has 1 rings (SSSR count). The third-order valence-corrected chi connectivity index (χ3v) is 3.24. The molecule has 0 aliphatic heterocycles. The molecule has 4 nitrogen and oxygen atoms in total. The molecule has 0 aliphatic carbocycles. The fourth-order valence-electron chi connectivity index (χ4n) is 1.53. The largest absolute Gasteiger partial charge is 0.330 e. The van der Waals surface area contributed by atoms with Crippen molar-refractivity contribution in [3.63, 3.8) is 0 Å². The summed E-state index contributed by atoms with van der Waals surface area (Å²) in [6.07, 6.45) is 0.840. The molecule has 0 aliphatic rings. The molecule has 1 aromatic carbocycles. The molecule has 0 saturated carbocycles. The minimum absolute atomic E-state index is 0.189. The van der Waals surface area contributed by atoms with Crippen molar-refractivity contribution in [3.8, 4) is 0 Å². The SMILES string of the molecule is CN(CCCN)CC(=O)Nc1c(Cl)cc(Cl)cc1Cl. The minimum Gasteiger partial charge on any atom is -0.330 e. The number of nitrogens with zero attached hydrogens (tertiary/aromatic N) is 1. The topological polar surface area (TPSA) is 58.4 Å². The third-order valence-electron chi connectivity index (χ3n) is 2.43. The van der Waals surface area contributed by atoms with Gasteiger partial charge in [0, 0.05) is 5.02 Å². The molecular weight excluding hydrogens is 309 g/mol. The Morgan fingerprint density at radius 1 is 1.32 bits per heavy atom. The fourth-order valence-corrected chi connectivity index (χ4v) is 2.44. The Bertz CT molecular complexity index is 431. The summed E-state index contributed by atoms with van der Waals surface area (Å²) in [5, 5.41) is 3.73. The van der Waals surface area contributed by atoms with E-state index in [2.05, 4.69) is 5.32 Å². The van der Waals surface area contributed by atoms with Crippen molar-refractivity contribution in [1.82, 2.24) is 4.90 Å². The molecule has 1 aromatic rings. The van der Waals surface area contributed by atoms with Gasteiger partial charge in [0.1, 0.15) is 0 Å². The zero-order chi connectivity index (χ0) is 14.4. The number of anilines is 1. The standard InChI is InChI=1S/C12H16Cl3N3O/c1-18(4-2-3-16)7-11(19)17-12-9(14)5-8(13)6-10(12)15/h5-6H,2-4,7,16H2,1H3,(H,17,19).